The molecule has 0 spiro atoms. The number of amides is 3. The van der Waals surface area contributed by atoms with Crippen molar-refractivity contribution in [2.45, 2.75) is 26.7 Å². The van der Waals surface area contributed by atoms with Crippen LogP contribution in [0.3, 0.4) is 0 Å². The van der Waals surface area contributed by atoms with Gasteiger partial charge in [0.25, 0.3) is 0 Å². The Kier molecular flexibility index (Phi) is 7.90. The summed E-state index contributed by atoms with van der Waals surface area (Å²) >= 11 is 0. The molecule has 0 unspecified atom stereocenters. The van der Waals surface area contributed by atoms with Crippen LogP contribution < -0.4 is 20.8 Å². The van der Waals surface area contributed by atoms with E-state index in [4.69, 9.17) is 4.74 Å². The topological polar surface area (TPSA) is 109 Å². The van der Waals surface area contributed by atoms with Crippen molar-refractivity contribution in [1.82, 2.24) is 5.43 Å². The van der Waals surface area contributed by atoms with Gasteiger partial charge in [-0.05, 0) is 43.2 Å². The van der Waals surface area contributed by atoms with Crippen molar-refractivity contribution in [3.8, 4) is 5.75 Å². The third-order valence-corrected chi connectivity index (χ3v) is 3.97. The van der Waals surface area contributed by atoms with E-state index in [0.717, 1.165) is 12.0 Å². The smallest absolute Gasteiger partial charge is 0.329 e. The predicted octanol–water partition coefficient (Wildman–Crippen LogP) is 2.72. The van der Waals surface area contributed by atoms with Crippen LogP contribution in [0, 0.1) is 0 Å². The van der Waals surface area contributed by atoms with Gasteiger partial charge in [0.2, 0.25) is 5.91 Å². The molecule has 29 heavy (non-hydrogen) atoms. The van der Waals surface area contributed by atoms with Gasteiger partial charge in [-0.2, -0.15) is 5.10 Å². The third-order valence-electron chi connectivity index (χ3n) is 3.97. The number of nitrogens with zero attached hydrogens (tertiary/aromatic N) is 1. The fourth-order valence-corrected chi connectivity index (χ4v) is 2.42. The summed E-state index contributed by atoms with van der Waals surface area (Å²) in [5, 5.41) is 9.00. The van der Waals surface area contributed by atoms with Crippen LogP contribution in [0.2, 0.25) is 0 Å². The highest BCUT2D eigenvalue weighted by Gasteiger charge is 2.14. The lowest BCUT2D eigenvalue weighted by Crippen LogP contribution is -2.33. The largest absolute Gasteiger partial charge is 0.495 e. The summed E-state index contributed by atoms with van der Waals surface area (Å²) in [5.41, 5.74) is 4.66. The number of benzene rings is 2. The molecule has 0 radical (unpaired) electrons. The quantitative estimate of drug-likeness (QED) is 0.380. The van der Waals surface area contributed by atoms with E-state index in [0.29, 0.717) is 22.8 Å². The van der Waals surface area contributed by atoms with Crippen LogP contribution in [-0.4, -0.2) is 30.5 Å². The van der Waals surface area contributed by atoms with Crippen LogP contribution in [0.25, 0.3) is 0 Å². The zero-order valence-electron chi connectivity index (χ0n) is 16.6. The molecule has 0 saturated heterocycles. The Hall–Kier alpha value is -3.68. The van der Waals surface area contributed by atoms with Gasteiger partial charge in [0.05, 0.1) is 19.2 Å². The molecule has 0 aliphatic heterocycles. The molecule has 152 valence electrons. The van der Waals surface area contributed by atoms with E-state index in [1.807, 2.05) is 19.1 Å². The maximum Gasteiger partial charge on any atom is 0.329 e. The molecule has 0 atom stereocenters. The monoisotopic (exact) mass is 396 g/mol. The molecule has 0 aromatic heterocycles. The minimum atomic E-state index is -0.922. The van der Waals surface area contributed by atoms with Gasteiger partial charge in [0.15, 0.2) is 0 Å². The molecule has 0 saturated carbocycles. The number of hydrogen-bond acceptors (Lipinski definition) is 5. The first-order valence-electron chi connectivity index (χ1n) is 9.09. The lowest BCUT2D eigenvalue weighted by molar-refractivity contribution is -0.136. The van der Waals surface area contributed by atoms with Gasteiger partial charge in [0.1, 0.15) is 5.75 Å². The fraction of sp³-hybridized carbons (Fsp3) is 0.238. The number of para-hydroxylation sites is 2. The van der Waals surface area contributed by atoms with Crippen molar-refractivity contribution < 1.29 is 19.1 Å². The maximum absolute atomic E-state index is 12.1. The summed E-state index contributed by atoms with van der Waals surface area (Å²) in [6, 6.07) is 14.2. The first-order chi connectivity index (χ1) is 13.9. The highest BCUT2D eigenvalue weighted by molar-refractivity contribution is 6.39. The summed E-state index contributed by atoms with van der Waals surface area (Å²) in [5.74, 6) is -1.56. The standard InChI is InChI=1S/C21H24N4O4/c1-4-15-9-11-16(12-10-15)22-20(27)21(28)25-24-14(2)13-19(26)23-17-7-5-6-8-18(17)29-3/h5-12H,4,13H2,1-3H3,(H,22,27)(H,23,26)(H,25,28)/b24-14+. The van der Waals surface area contributed by atoms with Crippen molar-refractivity contribution in [3.05, 3.63) is 54.1 Å². The van der Waals surface area contributed by atoms with Crippen LogP contribution >= 0.6 is 0 Å². The molecule has 8 heteroatoms. The predicted molar refractivity (Wildman–Crippen MR) is 112 cm³/mol. The number of hydrazone groups is 1. The Labute approximate surface area is 169 Å². The van der Waals surface area contributed by atoms with E-state index < -0.39 is 11.8 Å². The number of anilines is 2. The second kappa shape index (κ2) is 10.6. The molecule has 3 N–H and O–H groups in total. The van der Waals surface area contributed by atoms with Gasteiger partial charge in [0, 0.05) is 11.4 Å². The van der Waals surface area contributed by atoms with Gasteiger partial charge in [-0.3, -0.25) is 14.4 Å². The summed E-state index contributed by atoms with van der Waals surface area (Å²) < 4.78 is 5.17. The average Bonchev–Trinajstić information content (AvgIpc) is 2.72. The Morgan fingerprint density at radius 3 is 2.31 bits per heavy atom. The van der Waals surface area contributed by atoms with Gasteiger partial charge in [-0.15, -0.1) is 0 Å². The Balaban J connectivity index is 1.85. The van der Waals surface area contributed by atoms with Gasteiger partial charge in [-0.1, -0.05) is 31.2 Å². The van der Waals surface area contributed by atoms with E-state index in [9.17, 15) is 14.4 Å². The molecule has 3 amide bonds. The fourth-order valence-electron chi connectivity index (χ4n) is 2.42. The van der Waals surface area contributed by atoms with E-state index >= 15 is 0 Å². The zero-order valence-corrected chi connectivity index (χ0v) is 16.6. The molecule has 2 aromatic rings. The second-order valence-corrected chi connectivity index (χ2v) is 6.22. The summed E-state index contributed by atoms with van der Waals surface area (Å²) in [6.45, 7) is 3.60. The van der Waals surface area contributed by atoms with Gasteiger partial charge < -0.3 is 15.4 Å². The maximum atomic E-state index is 12.1. The highest BCUT2D eigenvalue weighted by Crippen LogP contribution is 2.23. The van der Waals surface area contributed by atoms with Crippen LogP contribution in [0.5, 0.6) is 5.75 Å². The molecule has 0 aliphatic carbocycles. The number of ether oxygens (including phenoxy) is 1. The third kappa shape index (κ3) is 6.76. The van der Waals surface area contributed by atoms with Crippen LogP contribution in [0.1, 0.15) is 25.8 Å². The minimum Gasteiger partial charge on any atom is -0.495 e. The summed E-state index contributed by atoms with van der Waals surface area (Å²) in [4.78, 5) is 35.9. The van der Waals surface area contributed by atoms with Crippen LogP contribution in [0.4, 0.5) is 11.4 Å². The minimum absolute atomic E-state index is 0.0571. The van der Waals surface area contributed by atoms with E-state index in [1.54, 1.807) is 43.3 Å². The normalized spacial score (nSPS) is 10.8. The van der Waals surface area contributed by atoms with Crippen molar-refractivity contribution in [3.63, 3.8) is 0 Å². The molecule has 8 nitrogen and oxygen atoms in total. The summed E-state index contributed by atoms with van der Waals surface area (Å²) in [7, 11) is 1.51. The number of nitrogens with one attached hydrogen (secondary N) is 3. The molecule has 2 rings (SSSR count). The van der Waals surface area contributed by atoms with Crippen LogP contribution in [-0.2, 0) is 20.8 Å². The SMILES string of the molecule is CCc1ccc(NC(=O)C(=O)N/N=C(\C)CC(=O)Nc2ccccc2OC)cc1. The molecule has 0 heterocycles. The lowest BCUT2D eigenvalue weighted by Gasteiger charge is -2.09. The molecular weight excluding hydrogens is 372 g/mol. The Morgan fingerprint density at radius 1 is 0.966 bits per heavy atom. The van der Waals surface area contributed by atoms with Crippen molar-refractivity contribution in [2.75, 3.05) is 17.7 Å². The zero-order chi connectivity index (χ0) is 21.2. The number of rotatable bonds is 7. The van der Waals surface area contributed by atoms with Crippen molar-refractivity contribution in [1.29, 1.82) is 0 Å². The number of hydrogen-bond donors (Lipinski definition) is 3. The number of methoxy groups -OCH3 is 1. The first kappa shape index (κ1) is 21.6. The molecule has 0 bridgehead atoms. The van der Waals surface area contributed by atoms with Gasteiger partial charge in [-0.25, -0.2) is 5.43 Å². The van der Waals surface area contributed by atoms with E-state index in [-0.39, 0.29) is 12.3 Å². The van der Waals surface area contributed by atoms with Crippen molar-refractivity contribution in [2.24, 2.45) is 5.10 Å². The Morgan fingerprint density at radius 2 is 1.66 bits per heavy atom. The molecule has 2 aromatic carbocycles. The highest BCUT2D eigenvalue weighted by atomic mass is 16.5. The van der Waals surface area contributed by atoms with Gasteiger partial charge >= 0.3 is 11.8 Å². The first-order valence-corrected chi connectivity index (χ1v) is 9.09. The average molecular weight is 396 g/mol. The lowest BCUT2D eigenvalue weighted by atomic mass is 10.1. The van der Waals surface area contributed by atoms with Crippen molar-refractivity contribution >= 4 is 34.8 Å². The van der Waals surface area contributed by atoms with E-state index in [2.05, 4.69) is 21.2 Å². The summed E-state index contributed by atoms with van der Waals surface area (Å²) in [6.07, 6.45) is 0.825. The number of carbonyl (C=O) groups excluding carboxylic acids is 3. The Bertz CT molecular complexity index is 907. The molecule has 0 fully saturated rings. The molecular formula is C21H24N4O4. The number of aryl methyl sites for hydroxylation is 1. The molecule has 0 aliphatic rings. The second-order valence-electron chi connectivity index (χ2n) is 6.22. The van der Waals surface area contributed by atoms with Crippen LogP contribution in [0.15, 0.2) is 53.6 Å². The van der Waals surface area contributed by atoms with E-state index in [1.165, 1.54) is 7.11 Å². The number of carbonyl (C=O) groups is 3.